The first-order chi connectivity index (χ1) is 14.7. The van der Waals surface area contributed by atoms with Crippen LogP contribution in [0.15, 0.2) is 35.2 Å². The second-order valence-electron chi connectivity index (χ2n) is 8.32. The highest BCUT2D eigenvalue weighted by atomic mass is 32.2. The van der Waals surface area contributed by atoms with Crippen molar-refractivity contribution in [1.82, 2.24) is 25.4 Å². The van der Waals surface area contributed by atoms with Crippen LogP contribution in [0.5, 0.6) is 0 Å². The van der Waals surface area contributed by atoms with Gasteiger partial charge in [-0.05, 0) is 31.4 Å². The summed E-state index contributed by atoms with van der Waals surface area (Å²) in [4.78, 5) is 31.4. The fourth-order valence-electron chi connectivity index (χ4n) is 3.74. The molecule has 0 bridgehead atoms. The molecule has 168 valence electrons. The van der Waals surface area contributed by atoms with Crippen LogP contribution in [0, 0.1) is 12.8 Å². The van der Waals surface area contributed by atoms with Crippen LogP contribution >= 0.6 is 0 Å². The van der Waals surface area contributed by atoms with Gasteiger partial charge in [0.1, 0.15) is 5.82 Å². The molecular weight excluding hydrogens is 418 g/mol. The van der Waals surface area contributed by atoms with Crippen LogP contribution < -0.4 is 5.32 Å². The fraction of sp³-hybridized carbons (Fsp3) is 0.524. The summed E-state index contributed by atoms with van der Waals surface area (Å²) in [6, 6.07) is 7.45. The van der Waals surface area contributed by atoms with Crippen LogP contribution in [0.4, 0.5) is 0 Å². The molecule has 0 spiro atoms. The lowest BCUT2D eigenvalue weighted by Crippen LogP contribution is -2.39. The number of hydrogen-bond acceptors (Lipinski definition) is 6. The number of aromatic amines is 1. The third kappa shape index (κ3) is 5.90. The Hall–Kier alpha value is -2.75. The molecule has 1 saturated heterocycles. The Balaban J connectivity index is 1.71. The Morgan fingerprint density at radius 2 is 1.97 bits per heavy atom. The van der Waals surface area contributed by atoms with E-state index in [1.807, 2.05) is 13.8 Å². The molecule has 1 aliphatic heterocycles. The zero-order valence-corrected chi connectivity index (χ0v) is 18.9. The maximum atomic E-state index is 13.0. The van der Waals surface area contributed by atoms with Gasteiger partial charge in [0.05, 0.1) is 16.7 Å². The van der Waals surface area contributed by atoms with Crippen LogP contribution in [0.3, 0.4) is 0 Å². The summed E-state index contributed by atoms with van der Waals surface area (Å²) in [6.45, 7) is 6.01. The molecule has 0 unspecified atom stereocenters. The Morgan fingerprint density at radius 3 is 2.58 bits per heavy atom. The van der Waals surface area contributed by atoms with E-state index in [1.54, 1.807) is 30.0 Å². The van der Waals surface area contributed by atoms with Gasteiger partial charge in [0.2, 0.25) is 11.8 Å². The predicted molar refractivity (Wildman–Crippen MR) is 115 cm³/mol. The highest BCUT2D eigenvalue weighted by Gasteiger charge is 2.39. The van der Waals surface area contributed by atoms with E-state index in [9.17, 15) is 18.0 Å². The molecule has 0 aliphatic carbocycles. The lowest BCUT2D eigenvalue weighted by molar-refractivity contribution is -0.132. The second kappa shape index (κ2) is 9.59. The Bertz CT molecular complexity index is 1020. The quantitative estimate of drug-likeness (QED) is 0.635. The molecule has 1 aliphatic rings. The van der Waals surface area contributed by atoms with E-state index in [2.05, 4.69) is 20.5 Å². The van der Waals surface area contributed by atoms with Gasteiger partial charge in [0.25, 0.3) is 0 Å². The number of H-pyrrole nitrogens is 1. The van der Waals surface area contributed by atoms with E-state index in [0.717, 1.165) is 0 Å². The molecule has 0 saturated carbocycles. The number of sulfone groups is 1. The van der Waals surface area contributed by atoms with Crippen LogP contribution in [-0.2, 0) is 19.4 Å². The van der Waals surface area contributed by atoms with Gasteiger partial charge in [0.15, 0.2) is 15.7 Å². The minimum atomic E-state index is -3.56. The number of nitrogens with one attached hydrogen (secondary N) is 2. The maximum Gasteiger partial charge on any atom is 0.224 e. The molecule has 2 atom stereocenters. The van der Waals surface area contributed by atoms with E-state index < -0.39 is 15.9 Å². The molecule has 2 N–H and O–H groups in total. The monoisotopic (exact) mass is 447 g/mol. The molecule has 31 heavy (non-hydrogen) atoms. The Morgan fingerprint density at radius 1 is 1.26 bits per heavy atom. The molecule has 10 heteroatoms. The molecule has 1 fully saturated rings. The van der Waals surface area contributed by atoms with E-state index >= 15 is 0 Å². The first kappa shape index (κ1) is 22.9. The SMILES string of the molecule is Cc1nc([C@@H]2C[C@H](NC(=O)CC(C)C)CN2C(=O)CCS(=O)(=O)c2ccccc2)n[nH]1. The van der Waals surface area contributed by atoms with Crippen molar-refractivity contribution in [2.45, 2.75) is 57.0 Å². The van der Waals surface area contributed by atoms with Crippen molar-refractivity contribution in [3.8, 4) is 0 Å². The topological polar surface area (TPSA) is 125 Å². The summed E-state index contributed by atoms with van der Waals surface area (Å²) in [6.07, 6.45) is 0.742. The van der Waals surface area contributed by atoms with E-state index in [1.165, 1.54) is 12.1 Å². The maximum absolute atomic E-state index is 13.0. The number of carbonyl (C=O) groups excluding carboxylic acids is 2. The van der Waals surface area contributed by atoms with Crippen LogP contribution in [-0.4, -0.2) is 58.7 Å². The Labute approximate surface area is 182 Å². The lowest BCUT2D eigenvalue weighted by atomic mass is 10.1. The smallest absolute Gasteiger partial charge is 0.224 e. The Kier molecular flexibility index (Phi) is 7.09. The largest absolute Gasteiger partial charge is 0.351 e. The minimum Gasteiger partial charge on any atom is -0.351 e. The van der Waals surface area contributed by atoms with Crippen LogP contribution in [0.2, 0.25) is 0 Å². The highest BCUT2D eigenvalue weighted by molar-refractivity contribution is 7.91. The average molecular weight is 448 g/mol. The number of amides is 2. The molecule has 9 nitrogen and oxygen atoms in total. The standard InChI is InChI=1S/C21H29N5O4S/c1-14(2)11-19(27)23-16-12-18(21-22-15(3)24-25-21)26(13-16)20(28)9-10-31(29,30)17-7-5-4-6-8-17/h4-8,14,16,18H,9-13H2,1-3H3,(H,23,27)(H,22,24,25)/t16-,18-/m0/s1. The van der Waals surface area contributed by atoms with Crippen LogP contribution in [0.25, 0.3) is 0 Å². The molecule has 2 heterocycles. The summed E-state index contributed by atoms with van der Waals surface area (Å²) in [5, 5.41) is 9.95. The fourth-order valence-corrected chi connectivity index (χ4v) is 4.99. The molecular formula is C21H29N5O4S. The minimum absolute atomic E-state index is 0.0640. The van der Waals surface area contributed by atoms with Crippen molar-refractivity contribution in [3.63, 3.8) is 0 Å². The predicted octanol–water partition coefficient (Wildman–Crippen LogP) is 1.78. The average Bonchev–Trinajstić information content (AvgIpc) is 3.32. The second-order valence-corrected chi connectivity index (χ2v) is 10.4. The number of likely N-dealkylation sites (tertiary alicyclic amines) is 1. The van der Waals surface area contributed by atoms with E-state index in [0.29, 0.717) is 31.0 Å². The summed E-state index contributed by atoms with van der Waals surface area (Å²) in [5.74, 6) is 0.683. The molecule has 3 rings (SSSR count). The first-order valence-electron chi connectivity index (χ1n) is 10.4. The molecule has 2 amide bonds. The number of aryl methyl sites for hydroxylation is 1. The zero-order chi connectivity index (χ0) is 22.6. The van der Waals surface area contributed by atoms with Gasteiger partial charge in [0, 0.05) is 25.4 Å². The van der Waals surface area contributed by atoms with Crippen LogP contribution in [0.1, 0.15) is 50.8 Å². The van der Waals surface area contributed by atoms with Crippen molar-refractivity contribution >= 4 is 21.7 Å². The molecule has 2 aromatic rings. The number of hydrogen-bond donors (Lipinski definition) is 2. The van der Waals surface area contributed by atoms with Gasteiger partial charge < -0.3 is 10.2 Å². The molecule has 1 aromatic carbocycles. The van der Waals surface area contributed by atoms with Gasteiger partial charge in [-0.2, -0.15) is 5.10 Å². The highest BCUT2D eigenvalue weighted by Crippen LogP contribution is 2.31. The molecule has 1 aromatic heterocycles. The van der Waals surface area contributed by atoms with Crippen molar-refractivity contribution in [3.05, 3.63) is 42.0 Å². The van der Waals surface area contributed by atoms with Gasteiger partial charge in [-0.1, -0.05) is 32.0 Å². The molecule has 0 radical (unpaired) electrons. The van der Waals surface area contributed by atoms with Gasteiger partial charge >= 0.3 is 0 Å². The summed E-state index contributed by atoms with van der Waals surface area (Å²) < 4.78 is 25.1. The number of benzene rings is 1. The van der Waals surface area contributed by atoms with Crippen molar-refractivity contribution in [2.24, 2.45) is 5.92 Å². The third-order valence-electron chi connectivity index (χ3n) is 5.18. The number of aromatic nitrogens is 3. The lowest BCUT2D eigenvalue weighted by Gasteiger charge is -2.22. The van der Waals surface area contributed by atoms with Crippen molar-refractivity contribution in [1.29, 1.82) is 0 Å². The zero-order valence-electron chi connectivity index (χ0n) is 18.0. The number of carbonyl (C=O) groups is 2. The first-order valence-corrected chi connectivity index (χ1v) is 12.1. The number of rotatable bonds is 8. The van der Waals surface area contributed by atoms with E-state index in [-0.39, 0.29) is 40.8 Å². The third-order valence-corrected chi connectivity index (χ3v) is 6.91. The summed E-state index contributed by atoms with van der Waals surface area (Å²) >= 11 is 0. The van der Waals surface area contributed by atoms with Crippen molar-refractivity contribution in [2.75, 3.05) is 12.3 Å². The van der Waals surface area contributed by atoms with Gasteiger partial charge in [-0.25, -0.2) is 13.4 Å². The normalized spacial score (nSPS) is 19.0. The summed E-state index contributed by atoms with van der Waals surface area (Å²) in [5.41, 5.74) is 0. The van der Waals surface area contributed by atoms with Crippen molar-refractivity contribution < 1.29 is 18.0 Å². The summed E-state index contributed by atoms with van der Waals surface area (Å²) in [7, 11) is -3.56. The van der Waals surface area contributed by atoms with E-state index in [4.69, 9.17) is 0 Å². The van der Waals surface area contributed by atoms with Gasteiger partial charge in [-0.15, -0.1) is 0 Å². The number of nitrogens with zero attached hydrogens (tertiary/aromatic N) is 3. The van der Waals surface area contributed by atoms with Gasteiger partial charge in [-0.3, -0.25) is 14.7 Å².